The van der Waals surface area contributed by atoms with Gasteiger partial charge in [0, 0.05) is 24.0 Å². The Bertz CT molecular complexity index is 744. The Morgan fingerprint density at radius 2 is 2.00 bits per heavy atom. The van der Waals surface area contributed by atoms with Crippen molar-refractivity contribution in [2.75, 3.05) is 13.1 Å². The van der Waals surface area contributed by atoms with Crippen molar-refractivity contribution in [2.45, 2.75) is 12.8 Å². The van der Waals surface area contributed by atoms with Crippen LogP contribution in [0.2, 0.25) is 5.02 Å². The highest BCUT2D eigenvalue weighted by Gasteiger charge is 2.41. The molecule has 0 saturated carbocycles. The fourth-order valence-corrected chi connectivity index (χ4v) is 3.81. The summed E-state index contributed by atoms with van der Waals surface area (Å²) in [6.07, 6.45) is 0. The first-order valence-corrected chi connectivity index (χ1v) is 8.40. The lowest BCUT2D eigenvalue weighted by atomic mass is 9.89. The number of carbonyl (C=O) groups excluding carboxylic acids is 1. The van der Waals surface area contributed by atoms with Gasteiger partial charge in [-0.2, -0.15) is 0 Å². The second kappa shape index (κ2) is 6.29. The van der Waals surface area contributed by atoms with Crippen molar-refractivity contribution in [3.8, 4) is 0 Å². The molecule has 1 aromatic carbocycles. The number of aliphatic carboxylic acids is 1. The number of carboxylic acids is 1. The van der Waals surface area contributed by atoms with Crippen LogP contribution in [0.1, 0.15) is 26.8 Å². The summed E-state index contributed by atoms with van der Waals surface area (Å²) in [6, 6.07) is 7.14. The summed E-state index contributed by atoms with van der Waals surface area (Å²) in [5, 5.41) is 10.1. The van der Waals surface area contributed by atoms with E-state index in [1.165, 1.54) is 11.3 Å². The molecule has 1 fully saturated rings. The number of amides is 1. The molecule has 1 N–H and O–H groups in total. The maximum atomic E-state index is 12.6. The van der Waals surface area contributed by atoms with Gasteiger partial charge in [0.2, 0.25) is 0 Å². The van der Waals surface area contributed by atoms with E-state index in [1.807, 2.05) is 12.1 Å². The first kappa shape index (κ1) is 16.0. The fourth-order valence-electron chi connectivity index (χ4n) is 2.92. The van der Waals surface area contributed by atoms with Crippen molar-refractivity contribution in [3.63, 3.8) is 0 Å². The fraction of sp³-hybridized carbons (Fsp3) is 0.312. The predicted octanol–water partition coefficient (Wildman–Crippen LogP) is 3.05. The Labute approximate surface area is 142 Å². The van der Waals surface area contributed by atoms with Gasteiger partial charge in [-0.15, -0.1) is 11.3 Å². The van der Waals surface area contributed by atoms with Crippen molar-refractivity contribution in [1.29, 1.82) is 0 Å². The monoisotopic (exact) mass is 350 g/mol. The minimum atomic E-state index is -0.888. The summed E-state index contributed by atoms with van der Waals surface area (Å²) in [5.74, 6) is -1.88. The number of benzene rings is 1. The van der Waals surface area contributed by atoms with Gasteiger partial charge in [-0.05, 0) is 24.6 Å². The van der Waals surface area contributed by atoms with Gasteiger partial charge in [-0.3, -0.25) is 9.59 Å². The summed E-state index contributed by atoms with van der Waals surface area (Å²) in [7, 11) is 0. The molecule has 1 aliphatic heterocycles. The molecule has 0 aliphatic carbocycles. The number of carbonyl (C=O) groups is 2. The van der Waals surface area contributed by atoms with Gasteiger partial charge < -0.3 is 10.0 Å². The van der Waals surface area contributed by atoms with Crippen LogP contribution in [0.4, 0.5) is 0 Å². The molecular weight excluding hydrogens is 336 g/mol. The second-order valence-electron chi connectivity index (χ2n) is 5.58. The van der Waals surface area contributed by atoms with Crippen LogP contribution in [0.25, 0.3) is 0 Å². The molecule has 120 valence electrons. The van der Waals surface area contributed by atoms with Crippen LogP contribution in [0.5, 0.6) is 0 Å². The number of nitrogens with zero attached hydrogens (tertiary/aromatic N) is 2. The number of carboxylic acid groups (broad SMARTS) is 1. The third-order valence-corrected chi connectivity index (χ3v) is 5.33. The van der Waals surface area contributed by atoms with Crippen LogP contribution in [-0.4, -0.2) is 40.0 Å². The largest absolute Gasteiger partial charge is 0.481 e. The van der Waals surface area contributed by atoms with Crippen molar-refractivity contribution in [3.05, 3.63) is 50.9 Å². The summed E-state index contributed by atoms with van der Waals surface area (Å²) in [5.41, 5.74) is 3.20. The standard InChI is InChI=1S/C16H15ClN2O3S/c1-9-14(23-8-18-9)15(20)19-6-12(13(7-19)16(21)22)10-2-4-11(17)5-3-10/h2-5,8,12-13H,6-7H2,1H3,(H,21,22)/t12-,13+/m0/s1. The van der Waals surface area contributed by atoms with Crippen LogP contribution in [0.3, 0.4) is 0 Å². The van der Waals surface area contributed by atoms with Crippen LogP contribution < -0.4 is 0 Å². The van der Waals surface area contributed by atoms with Gasteiger partial charge in [0.05, 0.1) is 17.1 Å². The molecule has 2 aromatic rings. The van der Waals surface area contributed by atoms with E-state index >= 15 is 0 Å². The smallest absolute Gasteiger partial charge is 0.308 e. The molecule has 23 heavy (non-hydrogen) atoms. The molecule has 0 spiro atoms. The molecule has 5 nitrogen and oxygen atoms in total. The minimum Gasteiger partial charge on any atom is -0.481 e. The van der Waals surface area contributed by atoms with Crippen molar-refractivity contribution in [1.82, 2.24) is 9.88 Å². The lowest BCUT2D eigenvalue weighted by Gasteiger charge is -2.16. The van der Waals surface area contributed by atoms with Crippen LogP contribution in [-0.2, 0) is 4.79 Å². The van der Waals surface area contributed by atoms with Crippen LogP contribution in [0, 0.1) is 12.8 Å². The van der Waals surface area contributed by atoms with E-state index in [0.717, 1.165) is 5.56 Å². The van der Waals surface area contributed by atoms with Crippen molar-refractivity contribution in [2.24, 2.45) is 5.92 Å². The van der Waals surface area contributed by atoms with Gasteiger partial charge in [0.25, 0.3) is 5.91 Å². The molecule has 1 aromatic heterocycles. The van der Waals surface area contributed by atoms with E-state index < -0.39 is 11.9 Å². The molecule has 3 rings (SSSR count). The number of hydrogen-bond donors (Lipinski definition) is 1. The molecule has 2 atom stereocenters. The molecular formula is C16H15ClN2O3S. The Balaban J connectivity index is 1.86. The maximum Gasteiger partial charge on any atom is 0.308 e. The van der Waals surface area contributed by atoms with E-state index in [2.05, 4.69) is 4.98 Å². The van der Waals surface area contributed by atoms with Gasteiger partial charge in [-0.25, -0.2) is 4.98 Å². The van der Waals surface area contributed by atoms with E-state index in [4.69, 9.17) is 11.6 Å². The summed E-state index contributed by atoms with van der Waals surface area (Å²) in [4.78, 5) is 30.5. The highest BCUT2D eigenvalue weighted by atomic mass is 35.5. The Kier molecular flexibility index (Phi) is 4.37. The van der Waals surface area contributed by atoms with Gasteiger partial charge in [0.1, 0.15) is 4.88 Å². The zero-order valence-corrected chi connectivity index (χ0v) is 14.0. The van der Waals surface area contributed by atoms with Gasteiger partial charge in [0.15, 0.2) is 0 Å². The van der Waals surface area contributed by atoms with Crippen molar-refractivity contribution < 1.29 is 14.7 Å². The predicted molar refractivity (Wildman–Crippen MR) is 88.1 cm³/mol. The third kappa shape index (κ3) is 3.09. The SMILES string of the molecule is Cc1ncsc1C(=O)N1C[C@@H](C(=O)O)[C@H](c2ccc(Cl)cc2)C1. The highest BCUT2D eigenvalue weighted by molar-refractivity contribution is 7.11. The average molecular weight is 351 g/mol. The third-order valence-electron chi connectivity index (χ3n) is 4.16. The van der Waals surface area contributed by atoms with E-state index in [1.54, 1.807) is 29.5 Å². The Morgan fingerprint density at radius 3 is 2.57 bits per heavy atom. The number of likely N-dealkylation sites (tertiary alicyclic amines) is 1. The summed E-state index contributed by atoms with van der Waals surface area (Å²) in [6.45, 7) is 2.37. The number of aromatic nitrogens is 1. The van der Waals surface area contributed by atoms with E-state index in [9.17, 15) is 14.7 Å². The van der Waals surface area contributed by atoms with E-state index in [0.29, 0.717) is 22.1 Å². The number of rotatable bonds is 3. The van der Waals surface area contributed by atoms with E-state index in [-0.39, 0.29) is 18.4 Å². The number of aryl methyl sites for hydroxylation is 1. The molecule has 2 heterocycles. The molecule has 1 amide bonds. The van der Waals surface area contributed by atoms with Gasteiger partial charge >= 0.3 is 5.97 Å². The number of thiazole rings is 1. The molecule has 0 unspecified atom stereocenters. The topological polar surface area (TPSA) is 70.5 Å². The average Bonchev–Trinajstić information content (AvgIpc) is 3.14. The Hall–Kier alpha value is -1.92. The molecule has 0 bridgehead atoms. The minimum absolute atomic E-state index is 0.146. The molecule has 1 saturated heterocycles. The van der Waals surface area contributed by atoms with Crippen molar-refractivity contribution >= 4 is 34.8 Å². The Morgan fingerprint density at radius 1 is 1.30 bits per heavy atom. The lowest BCUT2D eigenvalue weighted by molar-refractivity contribution is -0.141. The number of halogens is 1. The first-order valence-electron chi connectivity index (χ1n) is 7.15. The first-order chi connectivity index (χ1) is 11.0. The quantitative estimate of drug-likeness (QED) is 0.923. The lowest BCUT2D eigenvalue weighted by Crippen LogP contribution is -2.29. The normalized spacial score (nSPS) is 20.7. The molecule has 0 radical (unpaired) electrons. The maximum absolute atomic E-state index is 12.6. The second-order valence-corrected chi connectivity index (χ2v) is 6.87. The molecule has 7 heteroatoms. The summed E-state index contributed by atoms with van der Waals surface area (Å²) >= 11 is 7.18. The highest BCUT2D eigenvalue weighted by Crippen LogP contribution is 2.34. The zero-order chi connectivity index (χ0) is 16.6. The van der Waals surface area contributed by atoms with Gasteiger partial charge in [-0.1, -0.05) is 23.7 Å². The van der Waals surface area contributed by atoms with Crippen LogP contribution in [0.15, 0.2) is 29.8 Å². The molecule has 1 aliphatic rings. The number of hydrogen-bond acceptors (Lipinski definition) is 4. The summed E-state index contributed by atoms with van der Waals surface area (Å²) < 4.78 is 0. The zero-order valence-electron chi connectivity index (χ0n) is 12.4. The van der Waals surface area contributed by atoms with Crippen LogP contribution >= 0.6 is 22.9 Å².